The number of halogens is 1. The van der Waals surface area contributed by atoms with Crippen molar-refractivity contribution in [2.75, 3.05) is 51.3 Å². The summed E-state index contributed by atoms with van der Waals surface area (Å²) in [6.07, 6.45) is 0.528. The van der Waals surface area contributed by atoms with Crippen LogP contribution >= 0.6 is 15.9 Å². The van der Waals surface area contributed by atoms with E-state index in [0.717, 1.165) is 34.3 Å². The first-order chi connectivity index (χ1) is 16.5. The fourth-order valence-electron chi connectivity index (χ4n) is 5.54. The van der Waals surface area contributed by atoms with Crippen molar-refractivity contribution in [1.82, 2.24) is 14.7 Å². The molecule has 35 heavy (non-hydrogen) atoms. The van der Waals surface area contributed by atoms with E-state index in [1.54, 1.807) is 7.11 Å². The molecule has 9 nitrogen and oxygen atoms in total. The van der Waals surface area contributed by atoms with Crippen molar-refractivity contribution in [3.05, 3.63) is 27.7 Å². The van der Waals surface area contributed by atoms with Crippen LogP contribution in [0, 0.1) is 0 Å². The summed E-state index contributed by atoms with van der Waals surface area (Å²) in [7, 11) is 1.59. The number of carbonyl (C=O) groups excluding carboxylic acids is 2. The summed E-state index contributed by atoms with van der Waals surface area (Å²) < 4.78 is 6.30. The number of methoxy groups -OCH3 is 1. The van der Waals surface area contributed by atoms with Gasteiger partial charge in [0.25, 0.3) is 0 Å². The molecule has 0 spiro atoms. The third-order valence-corrected chi connectivity index (χ3v) is 8.21. The van der Waals surface area contributed by atoms with Crippen molar-refractivity contribution >= 4 is 39.5 Å². The zero-order valence-electron chi connectivity index (χ0n) is 20.9. The molecule has 0 unspecified atom stereocenters. The quantitative estimate of drug-likeness (QED) is 0.585. The van der Waals surface area contributed by atoms with E-state index in [9.17, 15) is 19.5 Å². The van der Waals surface area contributed by atoms with Crippen LogP contribution in [-0.2, 0) is 26.3 Å². The normalized spacial score (nSPS) is 24.3. The number of carboxylic acid groups (broad SMARTS) is 1. The number of hydrogen-bond acceptors (Lipinski definition) is 5. The Kier molecular flexibility index (Phi) is 7.45. The van der Waals surface area contributed by atoms with Crippen LogP contribution in [-0.4, -0.2) is 96.2 Å². The SMILES string of the molecule is COC[C@H]1CN(C(=O)O)[C@H](C)CN1CC(=O)N1CC(C)(C)c2cc(Br)c(CN3CCCC3=O)cc21. The number of carbonyl (C=O) groups is 3. The molecular formula is C25H35BrN4O5. The van der Waals surface area contributed by atoms with E-state index >= 15 is 0 Å². The van der Waals surface area contributed by atoms with Gasteiger partial charge in [0.2, 0.25) is 11.8 Å². The molecule has 0 aliphatic carbocycles. The summed E-state index contributed by atoms with van der Waals surface area (Å²) in [6, 6.07) is 3.75. The van der Waals surface area contributed by atoms with Gasteiger partial charge in [-0.1, -0.05) is 29.8 Å². The lowest BCUT2D eigenvalue weighted by Gasteiger charge is -2.43. The van der Waals surface area contributed by atoms with Crippen molar-refractivity contribution in [1.29, 1.82) is 0 Å². The maximum absolute atomic E-state index is 13.7. The van der Waals surface area contributed by atoms with Crippen LogP contribution in [0.2, 0.25) is 0 Å². The summed E-state index contributed by atoms with van der Waals surface area (Å²) in [5.41, 5.74) is 2.78. The second-order valence-electron chi connectivity index (χ2n) is 10.6. The lowest BCUT2D eigenvalue weighted by atomic mass is 9.86. The van der Waals surface area contributed by atoms with Crippen molar-refractivity contribution in [2.45, 2.75) is 57.7 Å². The molecule has 10 heteroatoms. The number of rotatable bonds is 6. The molecule has 0 radical (unpaired) electrons. The second-order valence-corrected chi connectivity index (χ2v) is 11.4. The molecule has 0 bridgehead atoms. The summed E-state index contributed by atoms with van der Waals surface area (Å²) in [5.74, 6) is 0.156. The topological polar surface area (TPSA) is 93.6 Å². The Morgan fingerprint density at radius 3 is 2.63 bits per heavy atom. The molecule has 3 aliphatic rings. The molecule has 1 aromatic carbocycles. The molecule has 3 aliphatic heterocycles. The van der Waals surface area contributed by atoms with Crippen LogP contribution in [0.15, 0.2) is 16.6 Å². The van der Waals surface area contributed by atoms with Crippen LogP contribution < -0.4 is 4.90 Å². The van der Waals surface area contributed by atoms with Crippen molar-refractivity contribution in [3.63, 3.8) is 0 Å². The van der Waals surface area contributed by atoms with Crippen molar-refractivity contribution < 1.29 is 24.2 Å². The second kappa shape index (κ2) is 10.1. The Labute approximate surface area is 215 Å². The van der Waals surface area contributed by atoms with E-state index in [4.69, 9.17) is 4.74 Å². The van der Waals surface area contributed by atoms with E-state index in [1.807, 2.05) is 21.6 Å². The number of ether oxygens (including phenoxy) is 1. The molecule has 3 heterocycles. The number of likely N-dealkylation sites (tertiary alicyclic amines) is 1. The largest absolute Gasteiger partial charge is 0.465 e. The molecule has 2 saturated heterocycles. The first-order valence-electron chi connectivity index (χ1n) is 12.2. The molecule has 1 N–H and O–H groups in total. The smallest absolute Gasteiger partial charge is 0.407 e. The first kappa shape index (κ1) is 25.9. The highest BCUT2D eigenvalue weighted by molar-refractivity contribution is 9.10. The van der Waals surface area contributed by atoms with Crippen molar-refractivity contribution in [2.24, 2.45) is 0 Å². The minimum Gasteiger partial charge on any atom is -0.465 e. The molecule has 2 fully saturated rings. The Hall–Kier alpha value is -2.17. The summed E-state index contributed by atoms with van der Waals surface area (Å²) in [4.78, 5) is 44.7. The average molecular weight is 551 g/mol. The van der Waals surface area contributed by atoms with Gasteiger partial charge in [-0.25, -0.2) is 4.79 Å². The zero-order chi connectivity index (χ0) is 25.5. The summed E-state index contributed by atoms with van der Waals surface area (Å²) >= 11 is 3.70. The fourth-order valence-corrected chi connectivity index (χ4v) is 6.00. The van der Waals surface area contributed by atoms with Crippen LogP contribution in [0.5, 0.6) is 0 Å². The number of nitrogens with zero attached hydrogens (tertiary/aromatic N) is 4. The lowest BCUT2D eigenvalue weighted by molar-refractivity contribution is -0.128. The van der Waals surface area contributed by atoms with Crippen LogP contribution in [0.4, 0.5) is 10.5 Å². The third kappa shape index (κ3) is 5.20. The van der Waals surface area contributed by atoms with E-state index < -0.39 is 6.09 Å². The Morgan fingerprint density at radius 1 is 1.26 bits per heavy atom. The van der Waals surface area contributed by atoms with Gasteiger partial charge in [-0.05, 0) is 36.6 Å². The highest BCUT2D eigenvalue weighted by Gasteiger charge is 2.41. The number of hydrogen-bond donors (Lipinski definition) is 1. The zero-order valence-corrected chi connectivity index (χ0v) is 22.5. The molecule has 0 aromatic heterocycles. The predicted molar refractivity (Wildman–Crippen MR) is 136 cm³/mol. The van der Waals surface area contributed by atoms with Gasteiger partial charge < -0.3 is 24.5 Å². The highest BCUT2D eigenvalue weighted by atomic mass is 79.9. The predicted octanol–water partition coefficient (Wildman–Crippen LogP) is 2.89. The maximum Gasteiger partial charge on any atom is 0.407 e. The monoisotopic (exact) mass is 550 g/mol. The standard InChI is InChI=1S/C25H35BrN4O5/c1-16-10-28(18(14-35-4)12-29(16)24(33)34)13-23(32)30-15-25(2,3)19-9-20(26)17(8-21(19)30)11-27-7-5-6-22(27)31/h8-9,16,18H,5-7,10-15H2,1-4H3,(H,33,34)/t16-,18-/m1/s1. The number of benzene rings is 1. The van der Waals surface area contributed by atoms with E-state index in [-0.39, 0.29) is 35.9 Å². The fraction of sp³-hybridized carbons (Fsp3) is 0.640. The molecular weight excluding hydrogens is 516 g/mol. The minimum atomic E-state index is -0.950. The van der Waals surface area contributed by atoms with E-state index in [1.165, 1.54) is 4.90 Å². The molecule has 2 atom stereocenters. The minimum absolute atomic E-state index is 0.0144. The van der Waals surface area contributed by atoms with E-state index in [2.05, 4.69) is 41.9 Å². The van der Waals surface area contributed by atoms with Crippen LogP contribution in [0.1, 0.15) is 44.7 Å². The van der Waals surface area contributed by atoms with Gasteiger partial charge in [-0.3, -0.25) is 14.5 Å². The molecule has 0 saturated carbocycles. The number of piperazine rings is 1. The van der Waals surface area contributed by atoms with Crippen LogP contribution in [0.3, 0.4) is 0 Å². The highest BCUT2D eigenvalue weighted by Crippen LogP contribution is 2.43. The average Bonchev–Trinajstić information content (AvgIpc) is 3.30. The van der Waals surface area contributed by atoms with Gasteiger partial charge in [0, 0.05) is 67.9 Å². The molecule has 1 aromatic rings. The van der Waals surface area contributed by atoms with Gasteiger partial charge in [0.1, 0.15) is 0 Å². The Bertz CT molecular complexity index is 1020. The summed E-state index contributed by atoms with van der Waals surface area (Å²) in [5, 5.41) is 9.53. The number of fused-ring (bicyclic) bond motifs is 1. The van der Waals surface area contributed by atoms with Crippen molar-refractivity contribution in [3.8, 4) is 0 Å². The Balaban J connectivity index is 1.56. The van der Waals surface area contributed by atoms with Gasteiger partial charge >= 0.3 is 6.09 Å². The van der Waals surface area contributed by atoms with Gasteiger partial charge in [0.05, 0.1) is 19.2 Å². The molecule has 4 rings (SSSR count). The summed E-state index contributed by atoms with van der Waals surface area (Å²) in [6.45, 7) is 9.32. The van der Waals surface area contributed by atoms with E-state index in [0.29, 0.717) is 39.2 Å². The number of anilines is 1. The maximum atomic E-state index is 13.7. The van der Waals surface area contributed by atoms with Crippen LogP contribution in [0.25, 0.3) is 0 Å². The third-order valence-electron chi connectivity index (χ3n) is 7.47. The lowest BCUT2D eigenvalue weighted by Crippen LogP contribution is -2.61. The number of amides is 3. The molecule has 192 valence electrons. The first-order valence-corrected chi connectivity index (χ1v) is 12.9. The van der Waals surface area contributed by atoms with Gasteiger partial charge in [0.15, 0.2) is 0 Å². The Morgan fingerprint density at radius 2 is 2.00 bits per heavy atom. The van der Waals surface area contributed by atoms with Gasteiger partial charge in [-0.15, -0.1) is 0 Å². The van der Waals surface area contributed by atoms with Gasteiger partial charge in [-0.2, -0.15) is 0 Å². The molecule has 3 amide bonds.